The van der Waals surface area contributed by atoms with Gasteiger partial charge >= 0.3 is 0 Å². The van der Waals surface area contributed by atoms with E-state index < -0.39 is 0 Å². The number of nitrogens with one attached hydrogen (secondary N) is 1. The monoisotopic (exact) mass is 275 g/mol. The summed E-state index contributed by atoms with van der Waals surface area (Å²) in [6.45, 7) is 7.02. The van der Waals surface area contributed by atoms with Crippen molar-refractivity contribution in [3.05, 3.63) is 41.5 Å². The molecule has 1 unspecified atom stereocenters. The van der Waals surface area contributed by atoms with E-state index in [4.69, 9.17) is 0 Å². The molecule has 2 aromatic rings. The Morgan fingerprint density at radius 2 is 2.10 bits per heavy atom. The molecule has 0 radical (unpaired) electrons. The number of halogens is 1. The molecule has 1 heterocycles. The molecule has 20 heavy (non-hydrogen) atoms. The van der Waals surface area contributed by atoms with Crippen molar-refractivity contribution >= 4 is 0 Å². The van der Waals surface area contributed by atoms with Gasteiger partial charge in [-0.1, -0.05) is 13.0 Å². The van der Waals surface area contributed by atoms with Crippen LogP contribution < -0.4 is 5.32 Å². The summed E-state index contributed by atoms with van der Waals surface area (Å²) < 4.78 is 16.1. The zero-order chi connectivity index (χ0) is 14.7. The number of hydrogen-bond acceptors (Lipinski definition) is 2. The summed E-state index contributed by atoms with van der Waals surface area (Å²) >= 11 is 0. The minimum Gasteiger partial charge on any atom is -0.313 e. The maximum absolute atomic E-state index is 14.1. The predicted molar refractivity (Wildman–Crippen MR) is 80.1 cm³/mol. The molecule has 0 aliphatic carbocycles. The van der Waals surface area contributed by atoms with Crippen LogP contribution in [0.2, 0.25) is 0 Å². The van der Waals surface area contributed by atoms with Gasteiger partial charge < -0.3 is 5.32 Å². The maximum atomic E-state index is 14.1. The van der Waals surface area contributed by atoms with Gasteiger partial charge in [-0.05, 0) is 45.0 Å². The third-order valence-electron chi connectivity index (χ3n) is 3.75. The smallest absolute Gasteiger partial charge is 0.131 e. The second kappa shape index (κ2) is 6.18. The summed E-state index contributed by atoms with van der Waals surface area (Å²) in [6, 6.07) is 5.47. The number of aromatic nitrogens is 2. The lowest BCUT2D eigenvalue weighted by Gasteiger charge is -2.13. The van der Waals surface area contributed by atoms with Gasteiger partial charge in [0.25, 0.3) is 0 Å². The number of hydrogen-bond donors (Lipinski definition) is 1. The number of benzene rings is 1. The average molecular weight is 275 g/mol. The van der Waals surface area contributed by atoms with E-state index in [-0.39, 0.29) is 11.9 Å². The van der Waals surface area contributed by atoms with Crippen LogP contribution in [0.15, 0.2) is 24.4 Å². The van der Waals surface area contributed by atoms with Crippen molar-refractivity contribution in [1.29, 1.82) is 0 Å². The first-order chi connectivity index (χ1) is 9.58. The SMILES string of the molecule is CCCn1ncc(-c2cc(C(C)NC)ccc2F)c1C. The van der Waals surface area contributed by atoms with Crippen LogP contribution in [-0.2, 0) is 6.54 Å². The molecule has 0 spiro atoms. The van der Waals surface area contributed by atoms with Crippen molar-refractivity contribution in [3.63, 3.8) is 0 Å². The van der Waals surface area contributed by atoms with E-state index in [2.05, 4.69) is 24.3 Å². The van der Waals surface area contributed by atoms with Gasteiger partial charge in [-0.15, -0.1) is 0 Å². The van der Waals surface area contributed by atoms with Gasteiger partial charge in [0.15, 0.2) is 0 Å². The molecule has 0 fully saturated rings. The zero-order valence-electron chi connectivity index (χ0n) is 12.6. The van der Waals surface area contributed by atoms with E-state index in [0.717, 1.165) is 29.8 Å². The van der Waals surface area contributed by atoms with E-state index in [1.54, 1.807) is 6.20 Å². The predicted octanol–water partition coefficient (Wildman–Crippen LogP) is 3.69. The third kappa shape index (κ3) is 2.75. The first-order valence-corrected chi connectivity index (χ1v) is 7.08. The third-order valence-corrected chi connectivity index (χ3v) is 3.75. The molecule has 2 rings (SSSR count). The Morgan fingerprint density at radius 3 is 2.75 bits per heavy atom. The van der Waals surface area contributed by atoms with Crippen molar-refractivity contribution in [1.82, 2.24) is 15.1 Å². The molecule has 4 heteroatoms. The van der Waals surface area contributed by atoms with E-state index in [9.17, 15) is 4.39 Å². The topological polar surface area (TPSA) is 29.9 Å². The molecule has 1 aromatic heterocycles. The summed E-state index contributed by atoms with van der Waals surface area (Å²) in [5.74, 6) is -0.198. The highest BCUT2D eigenvalue weighted by Gasteiger charge is 2.14. The molecule has 1 N–H and O–H groups in total. The van der Waals surface area contributed by atoms with E-state index in [0.29, 0.717) is 5.56 Å². The van der Waals surface area contributed by atoms with Gasteiger partial charge in [-0.25, -0.2) is 4.39 Å². The summed E-state index contributed by atoms with van der Waals surface area (Å²) in [7, 11) is 1.90. The Bertz CT molecular complexity index is 589. The fraction of sp³-hybridized carbons (Fsp3) is 0.438. The van der Waals surface area contributed by atoms with E-state index in [1.165, 1.54) is 6.07 Å². The van der Waals surface area contributed by atoms with Crippen molar-refractivity contribution in [2.24, 2.45) is 0 Å². The summed E-state index contributed by atoms with van der Waals surface area (Å²) in [5.41, 5.74) is 3.59. The number of rotatable bonds is 5. The molecule has 0 amide bonds. The van der Waals surface area contributed by atoms with Crippen LogP contribution in [0.25, 0.3) is 11.1 Å². The van der Waals surface area contributed by atoms with Crippen molar-refractivity contribution in [3.8, 4) is 11.1 Å². The lowest BCUT2D eigenvalue weighted by Crippen LogP contribution is -2.12. The molecular formula is C16H22FN3. The highest BCUT2D eigenvalue weighted by Crippen LogP contribution is 2.28. The average Bonchev–Trinajstić information content (AvgIpc) is 2.80. The lowest BCUT2D eigenvalue weighted by atomic mass is 10.00. The molecule has 0 bridgehead atoms. The zero-order valence-corrected chi connectivity index (χ0v) is 12.6. The maximum Gasteiger partial charge on any atom is 0.131 e. The van der Waals surface area contributed by atoms with Crippen LogP contribution in [0.5, 0.6) is 0 Å². The fourth-order valence-electron chi connectivity index (χ4n) is 2.33. The Morgan fingerprint density at radius 1 is 1.35 bits per heavy atom. The summed E-state index contributed by atoms with van der Waals surface area (Å²) in [6.07, 6.45) is 2.78. The van der Waals surface area contributed by atoms with Crippen LogP contribution in [-0.4, -0.2) is 16.8 Å². The summed E-state index contributed by atoms with van der Waals surface area (Å²) in [4.78, 5) is 0. The Kier molecular flexibility index (Phi) is 4.55. The van der Waals surface area contributed by atoms with Gasteiger partial charge in [0.1, 0.15) is 5.82 Å². The first-order valence-electron chi connectivity index (χ1n) is 7.08. The van der Waals surface area contributed by atoms with Crippen LogP contribution in [0.1, 0.15) is 37.6 Å². The van der Waals surface area contributed by atoms with Gasteiger partial charge in [-0.2, -0.15) is 5.10 Å². The van der Waals surface area contributed by atoms with Crippen LogP contribution in [0.3, 0.4) is 0 Å². The van der Waals surface area contributed by atoms with Crippen LogP contribution >= 0.6 is 0 Å². The van der Waals surface area contributed by atoms with Gasteiger partial charge in [0, 0.05) is 29.4 Å². The highest BCUT2D eigenvalue weighted by molar-refractivity contribution is 5.66. The lowest BCUT2D eigenvalue weighted by molar-refractivity contribution is 0.587. The molecule has 0 aliphatic heterocycles. The number of nitrogens with zero attached hydrogens (tertiary/aromatic N) is 2. The molecule has 1 aromatic carbocycles. The molecule has 0 saturated heterocycles. The van der Waals surface area contributed by atoms with Crippen molar-refractivity contribution in [2.45, 2.75) is 39.8 Å². The molecular weight excluding hydrogens is 253 g/mol. The Labute approximate surface area is 119 Å². The van der Waals surface area contributed by atoms with Gasteiger partial charge in [0.05, 0.1) is 6.20 Å². The summed E-state index contributed by atoms with van der Waals surface area (Å²) in [5, 5.41) is 7.53. The van der Waals surface area contributed by atoms with Crippen molar-refractivity contribution < 1.29 is 4.39 Å². The molecule has 0 saturated carbocycles. The second-order valence-corrected chi connectivity index (χ2v) is 5.12. The standard InChI is InChI=1S/C16H22FN3/c1-5-8-20-12(3)15(10-19-20)14-9-13(11(2)18-4)6-7-16(14)17/h6-7,9-11,18H,5,8H2,1-4H3. The minimum absolute atomic E-state index is 0.195. The van der Waals surface area contributed by atoms with Gasteiger partial charge in [-0.3, -0.25) is 4.68 Å². The van der Waals surface area contributed by atoms with Gasteiger partial charge in [0.2, 0.25) is 0 Å². The Hall–Kier alpha value is -1.68. The second-order valence-electron chi connectivity index (χ2n) is 5.12. The normalized spacial score (nSPS) is 12.7. The number of aryl methyl sites for hydroxylation is 1. The first kappa shape index (κ1) is 14.7. The van der Waals surface area contributed by atoms with E-state index in [1.807, 2.05) is 30.8 Å². The molecule has 0 aliphatic rings. The van der Waals surface area contributed by atoms with Crippen LogP contribution in [0, 0.1) is 12.7 Å². The highest BCUT2D eigenvalue weighted by atomic mass is 19.1. The quantitative estimate of drug-likeness (QED) is 0.902. The largest absolute Gasteiger partial charge is 0.313 e. The fourth-order valence-corrected chi connectivity index (χ4v) is 2.33. The Balaban J connectivity index is 2.46. The van der Waals surface area contributed by atoms with E-state index >= 15 is 0 Å². The van der Waals surface area contributed by atoms with Crippen LogP contribution in [0.4, 0.5) is 4.39 Å². The van der Waals surface area contributed by atoms with Crippen molar-refractivity contribution in [2.75, 3.05) is 7.05 Å². The minimum atomic E-state index is -0.198. The molecule has 1 atom stereocenters. The molecule has 108 valence electrons. The molecule has 3 nitrogen and oxygen atoms in total.